The SMILES string of the molecule is CC=COC(=O)CC[S]. The van der Waals surface area contributed by atoms with Crippen molar-refractivity contribution >= 4 is 18.6 Å². The summed E-state index contributed by atoms with van der Waals surface area (Å²) >= 11 is 4.55. The Labute approximate surface area is 60.3 Å². The molecule has 51 valence electrons. The van der Waals surface area contributed by atoms with Gasteiger partial charge in [0.1, 0.15) is 0 Å². The van der Waals surface area contributed by atoms with Crippen LogP contribution in [0.4, 0.5) is 0 Å². The van der Waals surface area contributed by atoms with Crippen molar-refractivity contribution in [3.63, 3.8) is 0 Å². The fourth-order valence-electron chi connectivity index (χ4n) is 0.286. The fourth-order valence-corrected chi connectivity index (χ4v) is 0.453. The number of hydrogen-bond donors (Lipinski definition) is 0. The van der Waals surface area contributed by atoms with Crippen LogP contribution in [-0.2, 0) is 9.53 Å². The molecule has 0 aromatic carbocycles. The van der Waals surface area contributed by atoms with Crippen LogP contribution in [0.5, 0.6) is 0 Å². The second-order valence-corrected chi connectivity index (χ2v) is 1.82. The third-order valence-corrected chi connectivity index (χ3v) is 0.846. The van der Waals surface area contributed by atoms with E-state index >= 15 is 0 Å². The van der Waals surface area contributed by atoms with Crippen molar-refractivity contribution < 1.29 is 9.53 Å². The van der Waals surface area contributed by atoms with E-state index in [1.165, 1.54) is 6.26 Å². The van der Waals surface area contributed by atoms with E-state index in [0.29, 0.717) is 12.2 Å². The minimum atomic E-state index is -0.261. The molecule has 3 heteroatoms. The molecule has 0 fully saturated rings. The zero-order chi connectivity index (χ0) is 7.11. The Hall–Kier alpha value is -0.440. The lowest BCUT2D eigenvalue weighted by molar-refractivity contribution is -0.137. The number of esters is 1. The molecule has 0 aromatic rings. The van der Waals surface area contributed by atoms with Crippen LogP contribution in [0.1, 0.15) is 13.3 Å². The number of ether oxygens (including phenoxy) is 1. The highest BCUT2D eigenvalue weighted by Gasteiger charge is 1.95. The summed E-state index contributed by atoms with van der Waals surface area (Å²) in [6.45, 7) is 1.78. The predicted octanol–water partition coefficient (Wildman–Crippen LogP) is 1.65. The first kappa shape index (κ1) is 8.56. The van der Waals surface area contributed by atoms with E-state index in [1.807, 2.05) is 0 Å². The molecule has 0 aromatic heterocycles. The van der Waals surface area contributed by atoms with Gasteiger partial charge in [0, 0.05) is 5.75 Å². The second-order valence-electron chi connectivity index (χ2n) is 1.41. The van der Waals surface area contributed by atoms with Gasteiger partial charge < -0.3 is 4.74 Å². The van der Waals surface area contributed by atoms with Gasteiger partial charge in [-0.05, 0) is 6.92 Å². The van der Waals surface area contributed by atoms with Crippen LogP contribution in [0, 0.1) is 0 Å². The van der Waals surface area contributed by atoms with Crippen molar-refractivity contribution in [2.75, 3.05) is 5.75 Å². The monoisotopic (exact) mass is 145 g/mol. The molecule has 2 nitrogen and oxygen atoms in total. The third-order valence-electron chi connectivity index (χ3n) is 0.642. The van der Waals surface area contributed by atoms with Crippen LogP contribution >= 0.6 is 12.6 Å². The van der Waals surface area contributed by atoms with Crippen LogP contribution in [-0.4, -0.2) is 11.7 Å². The van der Waals surface area contributed by atoms with E-state index in [2.05, 4.69) is 17.4 Å². The largest absolute Gasteiger partial charge is 0.435 e. The molecule has 0 bridgehead atoms. The van der Waals surface area contributed by atoms with Gasteiger partial charge in [0.25, 0.3) is 0 Å². The molecule has 0 amide bonds. The normalized spacial score (nSPS) is 10.0. The predicted molar refractivity (Wildman–Crippen MR) is 38.0 cm³/mol. The van der Waals surface area contributed by atoms with Gasteiger partial charge in [0.05, 0.1) is 12.7 Å². The van der Waals surface area contributed by atoms with Crippen molar-refractivity contribution in [1.29, 1.82) is 0 Å². The van der Waals surface area contributed by atoms with Gasteiger partial charge in [0.15, 0.2) is 0 Å². The van der Waals surface area contributed by atoms with Gasteiger partial charge in [-0.2, -0.15) is 0 Å². The van der Waals surface area contributed by atoms with Crippen LogP contribution in [0.2, 0.25) is 0 Å². The van der Waals surface area contributed by atoms with Gasteiger partial charge in [-0.3, -0.25) is 4.79 Å². The topological polar surface area (TPSA) is 26.3 Å². The Morgan fingerprint density at radius 2 is 2.44 bits per heavy atom. The number of carbonyl (C=O) groups excluding carboxylic acids is 1. The van der Waals surface area contributed by atoms with Crippen LogP contribution in [0.25, 0.3) is 0 Å². The summed E-state index contributed by atoms with van der Waals surface area (Å²) in [5.74, 6) is 0.166. The van der Waals surface area contributed by atoms with Crippen molar-refractivity contribution in [3.05, 3.63) is 12.3 Å². The molecule has 0 aliphatic heterocycles. The van der Waals surface area contributed by atoms with E-state index in [-0.39, 0.29) is 5.97 Å². The number of rotatable bonds is 3. The molecule has 0 rings (SSSR count). The summed E-state index contributed by atoms with van der Waals surface area (Å²) in [6, 6.07) is 0. The molecule has 0 spiro atoms. The maximum absolute atomic E-state index is 10.5. The molecule has 0 N–H and O–H groups in total. The lowest BCUT2D eigenvalue weighted by Gasteiger charge is -1.92. The first-order valence-corrected chi connectivity index (χ1v) is 3.27. The Morgan fingerprint density at radius 1 is 1.78 bits per heavy atom. The number of allylic oxidation sites excluding steroid dienone is 1. The van der Waals surface area contributed by atoms with Gasteiger partial charge in [0.2, 0.25) is 0 Å². The Kier molecular flexibility index (Phi) is 5.41. The molecule has 0 heterocycles. The average Bonchev–Trinajstić information content (AvgIpc) is 1.85. The van der Waals surface area contributed by atoms with Gasteiger partial charge in [-0.1, -0.05) is 18.7 Å². The maximum Gasteiger partial charge on any atom is 0.311 e. The van der Waals surface area contributed by atoms with Gasteiger partial charge in [-0.15, -0.1) is 0 Å². The fraction of sp³-hybridized carbons (Fsp3) is 0.500. The van der Waals surface area contributed by atoms with E-state index < -0.39 is 0 Å². The standard InChI is InChI=1S/C6H9O2S/c1-2-4-8-6(7)3-5-9/h2,4H,3,5H2,1H3. The van der Waals surface area contributed by atoms with Crippen LogP contribution in [0.3, 0.4) is 0 Å². The van der Waals surface area contributed by atoms with Gasteiger partial charge >= 0.3 is 5.97 Å². The minimum absolute atomic E-state index is 0.261. The zero-order valence-corrected chi connectivity index (χ0v) is 6.11. The highest BCUT2D eigenvalue weighted by molar-refractivity contribution is 7.80. The zero-order valence-electron chi connectivity index (χ0n) is 5.29. The smallest absolute Gasteiger partial charge is 0.311 e. The summed E-state index contributed by atoms with van der Waals surface area (Å²) in [6.07, 6.45) is 3.33. The van der Waals surface area contributed by atoms with Crippen LogP contribution < -0.4 is 0 Å². The highest BCUT2D eigenvalue weighted by atomic mass is 32.1. The Morgan fingerprint density at radius 3 is 2.89 bits per heavy atom. The molecule has 0 saturated carbocycles. The first-order chi connectivity index (χ1) is 4.31. The van der Waals surface area contributed by atoms with Crippen molar-refractivity contribution in [2.24, 2.45) is 0 Å². The lowest BCUT2D eigenvalue weighted by Crippen LogP contribution is -1.98. The van der Waals surface area contributed by atoms with Gasteiger partial charge in [-0.25, -0.2) is 0 Å². The molecule has 0 aliphatic carbocycles. The van der Waals surface area contributed by atoms with Crippen molar-refractivity contribution in [3.8, 4) is 0 Å². The summed E-state index contributed by atoms with van der Waals surface area (Å²) in [5.41, 5.74) is 0. The molecular formula is C6H9O2S. The Balaban J connectivity index is 3.27. The molecular weight excluding hydrogens is 136 g/mol. The highest BCUT2D eigenvalue weighted by Crippen LogP contribution is 1.88. The first-order valence-electron chi connectivity index (χ1n) is 2.70. The van der Waals surface area contributed by atoms with Crippen molar-refractivity contribution in [1.82, 2.24) is 0 Å². The summed E-state index contributed by atoms with van der Waals surface area (Å²) < 4.78 is 4.55. The summed E-state index contributed by atoms with van der Waals surface area (Å²) in [7, 11) is 0. The summed E-state index contributed by atoms with van der Waals surface area (Å²) in [4.78, 5) is 10.5. The molecule has 0 saturated heterocycles. The molecule has 0 unspecified atom stereocenters. The van der Waals surface area contributed by atoms with E-state index in [1.54, 1.807) is 13.0 Å². The van der Waals surface area contributed by atoms with E-state index in [0.717, 1.165) is 0 Å². The van der Waals surface area contributed by atoms with Crippen LogP contribution in [0.15, 0.2) is 12.3 Å². The quantitative estimate of drug-likeness (QED) is 0.446. The number of carbonyl (C=O) groups is 1. The molecule has 9 heavy (non-hydrogen) atoms. The molecule has 0 atom stereocenters. The summed E-state index contributed by atoms with van der Waals surface area (Å²) in [5, 5.41) is 0. The van der Waals surface area contributed by atoms with E-state index in [4.69, 9.17) is 0 Å². The lowest BCUT2D eigenvalue weighted by atomic mass is 10.5. The van der Waals surface area contributed by atoms with E-state index in [9.17, 15) is 4.79 Å². The average molecular weight is 145 g/mol. The number of hydrogen-bond acceptors (Lipinski definition) is 2. The third kappa shape index (κ3) is 5.43. The maximum atomic E-state index is 10.5. The Bertz CT molecular complexity index is 110. The van der Waals surface area contributed by atoms with Crippen molar-refractivity contribution in [2.45, 2.75) is 13.3 Å². The molecule has 1 radical (unpaired) electrons. The molecule has 0 aliphatic rings. The second kappa shape index (κ2) is 5.69. The minimum Gasteiger partial charge on any atom is -0.435 e.